The summed E-state index contributed by atoms with van der Waals surface area (Å²) in [7, 11) is 0. The maximum Gasteiger partial charge on any atom is 0.0687 e. The van der Waals surface area contributed by atoms with Gasteiger partial charge in [-0.05, 0) is 59.4 Å². The van der Waals surface area contributed by atoms with Crippen LogP contribution in [0.3, 0.4) is 0 Å². The number of nitrogens with two attached hydrogens (primary N) is 1. The van der Waals surface area contributed by atoms with Crippen LogP contribution in [0.4, 0.5) is 5.69 Å². The van der Waals surface area contributed by atoms with E-state index in [1.165, 1.54) is 0 Å². The number of nitrogen functional groups attached to an aromatic ring is 1. The van der Waals surface area contributed by atoms with E-state index in [0.29, 0.717) is 0 Å². The SMILES string of the molecule is Cc1ccc(/C=C\c2cc(C)c(CO)c(CO)c2)cc1N. The van der Waals surface area contributed by atoms with Gasteiger partial charge >= 0.3 is 0 Å². The molecular weight excluding hydrogens is 262 g/mol. The molecule has 2 rings (SSSR count). The number of aliphatic hydroxyl groups is 2. The van der Waals surface area contributed by atoms with Crippen molar-refractivity contribution in [1.82, 2.24) is 0 Å². The molecule has 21 heavy (non-hydrogen) atoms. The van der Waals surface area contributed by atoms with Gasteiger partial charge in [0, 0.05) is 5.69 Å². The fraction of sp³-hybridized carbons (Fsp3) is 0.222. The third-order valence-corrected chi connectivity index (χ3v) is 3.69. The Morgan fingerprint density at radius 3 is 2.24 bits per heavy atom. The number of aryl methyl sites for hydroxylation is 2. The maximum atomic E-state index is 9.40. The highest BCUT2D eigenvalue weighted by molar-refractivity contribution is 5.72. The highest BCUT2D eigenvalue weighted by Crippen LogP contribution is 2.20. The molecule has 4 N–H and O–H groups in total. The Kier molecular flexibility index (Phi) is 4.78. The lowest BCUT2D eigenvalue weighted by atomic mass is 9.98. The zero-order valence-electron chi connectivity index (χ0n) is 12.4. The molecule has 3 heteroatoms. The zero-order valence-corrected chi connectivity index (χ0v) is 12.4. The largest absolute Gasteiger partial charge is 0.398 e. The Bertz CT molecular complexity index is 675. The van der Waals surface area contributed by atoms with E-state index in [4.69, 9.17) is 5.73 Å². The molecule has 0 bridgehead atoms. The van der Waals surface area contributed by atoms with Crippen LogP contribution in [0.2, 0.25) is 0 Å². The number of aliphatic hydroxyl groups excluding tert-OH is 2. The number of anilines is 1. The van der Waals surface area contributed by atoms with Crippen molar-refractivity contribution in [2.75, 3.05) is 5.73 Å². The smallest absolute Gasteiger partial charge is 0.0687 e. The van der Waals surface area contributed by atoms with Gasteiger partial charge in [-0.25, -0.2) is 0 Å². The fourth-order valence-electron chi connectivity index (χ4n) is 2.34. The molecule has 0 saturated heterocycles. The summed E-state index contributed by atoms with van der Waals surface area (Å²) < 4.78 is 0. The summed E-state index contributed by atoms with van der Waals surface area (Å²) in [5, 5.41) is 18.7. The van der Waals surface area contributed by atoms with Gasteiger partial charge in [-0.1, -0.05) is 30.4 Å². The second kappa shape index (κ2) is 6.57. The molecule has 0 aliphatic rings. The van der Waals surface area contributed by atoms with Crippen LogP contribution in [-0.4, -0.2) is 10.2 Å². The first-order chi connectivity index (χ1) is 10.0. The van der Waals surface area contributed by atoms with Crippen LogP contribution in [0.5, 0.6) is 0 Å². The zero-order chi connectivity index (χ0) is 15.4. The Morgan fingerprint density at radius 1 is 0.905 bits per heavy atom. The van der Waals surface area contributed by atoms with Crippen LogP contribution in [0.1, 0.15) is 33.4 Å². The summed E-state index contributed by atoms with van der Waals surface area (Å²) in [5.74, 6) is 0. The number of benzene rings is 2. The average molecular weight is 283 g/mol. The predicted octanol–water partition coefficient (Wildman–Crippen LogP) is 3.04. The van der Waals surface area contributed by atoms with Crippen molar-refractivity contribution >= 4 is 17.8 Å². The molecule has 0 aliphatic carbocycles. The molecule has 0 atom stereocenters. The lowest BCUT2D eigenvalue weighted by molar-refractivity contribution is 0.259. The Hall–Kier alpha value is -2.10. The lowest BCUT2D eigenvalue weighted by Crippen LogP contribution is -1.98. The molecule has 0 spiro atoms. The fourth-order valence-corrected chi connectivity index (χ4v) is 2.34. The van der Waals surface area contributed by atoms with Crippen LogP contribution < -0.4 is 5.73 Å². The van der Waals surface area contributed by atoms with E-state index >= 15 is 0 Å². The van der Waals surface area contributed by atoms with E-state index in [-0.39, 0.29) is 13.2 Å². The van der Waals surface area contributed by atoms with Gasteiger partial charge in [-0.15, -0.1) is 0 Å². The van der Waals surface area contributed by atoms with Crippen LogP contribution >= 0.6 is 0 Å². The summed E-state index contributed by atoms with van der Waals surface area (Å²) in [4.78, 5) is 0. The monoisotopic (exact) mass is 283 g/mol. The van der Waals surface area contributed by atoms with E-state index in [1.807, 2.05) is 56.3 Å². The van der Waals surface area contributed by atoms with E-state index < -0.39 is 0 Å². The van der Waals surface area contributed by atoms with E-state index in [0.717, 1.165) is 39.1 Å². The van der Waals surface area contributed by atoms with Crippen LogP contribution in [0.25, 0.3) is 12.2 Å². The highest BCUT2D eigenvalue weighted by Gasteiger charge is 2.05. The molecule has 0 fully saturated rings. The van der Waals surface area contributed by atoms with Crippen molar-refractivity contribution in [2.45, 2.75) is 27.1 Å². The van der Waals surface area contributed by atoms with E-state index in [9.17, 15) is 10.2 Å². The molecular formula is C18H21NO2. The van der Waals surface area contributed by atoms with Gasteiger partial charge in [0.25, 0.3) is 0 Å². The molecule has 0 heterocycles. The van der Waals surface area contributed by atoms with Crippen molar-refractivity contribution < 1.29 is 10.2 Å². The number of hydrogen-bond donors (Lipinski definition) is 3. The third-order valence-electron chi connectivity index (χ3n) is 3.69. The molecule has 0 amide bonds. The first kappa shape index (κ1) is 15.3. The van der Waals surface area contributed by atoms with Gasteiger partial charge in [0.05, 0.1) is 13.2 Å². The van der Waals surface area contributed by atoms with Gasteiger partial charge in [0.1, 0.15) is 0 Å². The van der Waals surface area contributed by atoms with Crippen molar-refractivity contribution in [3.63, 3.8) is 0 Å². The normalized spacial score (nSPS) is 11.2. The van der Waals surface area contributed by atoms with E-state index in [2.05, 4.69) is 0 Å². The molecule has 0 aromatic heterocycles. The minimum atomic E-state index is -0.0735. The predicted molar refractivity (Wildman–Crippen MR) is 87.5 cm³/mol. The average Bonchev–Trinajstić information content (AvgIpc) is 2.47. The Labute approximate surface area is 125 Å². The lowest BCUT2D eigenvalue weighted by Gasteiger charge is -2.10. The molecule has 0 unspecified atom stereocenters. The number of hydrogen-bond acceptors (Lipinski definition) is 3. The van der Waals surface area contributed by atoms with Gasteiger partial charge in [0.2, 0.25) is 0 Å². The summed E-state index contributed by atoms with van der Waals surface area (Å²) >= 11 is 0. The molecule has 2 aromatic rings. The summed E-state index contributed by atoms with van der Waals surface area (Å²) in [6, 6.07) is 9.84. The molecule has 0 radical (unpaired) electrons. The van der Waals surface area contributed by atoms with Crippen molar-refractivity contribution in [2.24, 2.45) is 0 Å². The van der Waals surface area contributed by atoms with E-state index in [1.54, 1.807) is 0 Å². The van der Waals surface area contributed by atoms with Crippen LogP contribution in [-0.2, 0) is 13.2 Å². The summed E-state index contributed by atoms with van der Waals surface area (Å²) in [5.41, 5.74) is 12.3. The third kappa shape index (κ3) is 3.51. The van der Waals surface area contributed by atoms with Crippen molar-refractivity contribution in [3.8, 4) is 0 Å². The Morgan fingerprint density at radius 2 is 1.62 bits per heavy atom. The van der Waals surface area contributed by atoms with Gasteiger partial charge in [-0.2, -0.15) is 0 Å². The minimum Gasteiger partial charge on any atom is -0.398 e. The quantitative estimate of drug-likeness (QED) is 0.597. The highest BCUT2D eigenvalue weighted by atomic mass is 16.3. The second-order valence-electron chi connectivity index (χ2n) is 5.24. The number of rotatable bonds is 4. The van der Waals surface area contributed by atoms with Crippen LogP contribution in [0, 0.1) is 13.8 Å². The van der Waals surface area contributed by atoms with Gasteiger partial charge in [-0.3, -0.25) is 0 Å². The topological polar surface area (TPSA) is 66.5 Å². The van der Waals surface area contributed by atoms with Crippen molar-refractivity contribution in [3.05, 3.63) is 63.7 Å². The van der Waals surface area contributed by atoms with Crippen molar-refractivity contribution in [1.29, 1.82) is 0 Å². The molecule has 3 nitrogen and oxygen atoms in total. The van der Waals surface area contributed by atoms with Gasteiger partial charge in [0.15, 0.2) is 0 Å². The first-order valence-electron chi connectivity index (χ1n) is 6.93. The minimum absolute atomic E-state index is 0.0553. The first-order valence-corrected chi connectivity index (χ1v) is 6.93. The summed E-state index contributed by atoms with van der Waals surface area (Å²) in [6.45, 7) is 3.79. The molecule has 0 saturated carbocycles. The molecule has 2 aromatic carbocycles. The Balaban J connectivity index is 2.32. The second-order valence-corrected chi connectivity index (χ2v) is 5.24. The maximum absolute atomic E-state index is 9.40. The molecule has 110 valence electrons. The summed E-state index contributed by atoms with van der Waals surface area (Å²) in [6.07, 6.45) is 3.97. The van der Waals surface area contributed by atoms with Crippen LogP contribution in [0.15, 0.2) is 30.3 Å². The van der Waals surface area contributed by atoms with Gasteiger partial charge < -0.3 is 15.9 Å². The standard InChI is InChI=1S/C18H21NO2/c1-12-3-4-14(9-18(12)19)5-6-15-7-13(2)17(11-21)16(8-15)10-20/h3-9,20-21H,10-11,19H2,1-2H3/b6-5-. The molecule has 0 aliphatic heterocycles.